The van der Waals surface area contributed by atoms with Gasteiger partial charge in [-0.2, -0.15) is 0 Å². The van der Waals surface area contributed by atoms with Gasteiger partial charge in [0.2, 0.25) is 5.91 Å². The van der Waals surface area contributed by atoms with Crippen LogP contribution in [0.25, 0.3) is 0 Å². The van der Waals surface area contributed by atoms with Crippen LogP contribution >= 0.6 is 0 Å². The van der Waals surface area contributed by atoms with Gasteiger partial charge in [-0.1, -0.05) is 103 Å². The van der Waals surface area contributed by atoms with Gasteiger partial charge in [0.25, 0.3) is 0 Å². The van der Waals surface area contributed by atoms with Crippen molar-refractivity contribution in [2.75, 3.05) is 7.05 Å². The molecular weight excluding hydrogens is 294 g/mol. The van der Waals surface area contributed by atoms with E-state index in [2.05, 4.69) is 27.7 Å². The summed E-state index contributed by atoms with van der Waals surface area (Å²) in [6.07, 6.45) is 4.34. The van der Waals surface area contributed by atoms with Gasteiger partial charge in [0.1, 0.15) is 0 Å². The smallest absolute Gasteiger partial charge is 0.225 e. The summed E-state index contributed by atoms with van der Waals surface area (Å²) in [6, 6.07) is 0.413. The molecule has 0 rings (SSSR count). The predicted molar refractivity (Wildman–Crippen MR) is 116 cm³/mol. The van der Waals surface area contributed by atoms with Crippen molar-refractivity contribution in [2.24, 2.45) is 11.8 Å². The Labute approximate surface area is 156 Å². The molecule has 0 bridgehead atoms. The molecule has 0 aliphatic carbocycles. The van der Waals surface area contributed by atoms with E-state index in [-0.39, 0.29) is 5.92 Å². The molecule has 152 valence electrons. The molecule has 3 atom stereocenters. The number of carbonyl (C=O) groups is 1. The highest BCUT2D eigenvalue weighted by Gasteiger charge is 2.25. The highest BCUT2D eigenvalue weighted by atomic mass is 16.2. The van der Waals surface area contributed by atoms with Crippen molar-refractivity contribution < 1.29 is 4.79 Å². The highest BCUT2D eigenvalue weighted by Crippen LogP contribution is 2.20. The second-order valence-corrected chi connectivity index (χ2v) is 5.00. The van der Waals surface area contributed by atoms with Crippen LogP contribution in [0.4, 0.5) is 0 Å². The van der Waals surface area contributed by atoms with Gasteiger partial charge in [-0.25, -0.2) is 0 Å². The molecule has 0 fully saturated rings. The van der Waals surface area contributed by atoms with E-state index in [0.29, 0.717) is 17.9 Å². The molecule has 0 saturated carbocycles. The van der Waals surface area contributed by atoms with Crippen LogP contribution in [0.3, 0.4) is 0 Å². The number of amides is 1. The molecule has 3 unspecified atom stereocenters. The summed E-state index contributed by atoms with van der Waals surface area (Å²) in [5.74, 6) is 1.06. The zero-order valence-electron chi connectivity index (χ0n) is 19.9. The van der Waals surface area contributed by atoms with Crippen molar-refractivity contribution in [3.8, 4) is 0 Å². The van der Waals surface area contributed by atoms with Gasteiger partial charge in [-0.05, 0) is 18.8 Å². The summed E-state index contributed by atoms with van der Waals surface area (Å²) in [6.45, 7) is 26.7. The third-order valence-corrected chi connectivity index (χ3v) is 3.76. The summed E-state index contributed by atoms with van der Waals surface area (Å²) in [5, 5.41) is 0. The second-order valence-electron chi connectivity index (χ2n) is 5.00. The van der Waals surface area contributed by atoms with Crippen LogP contribution in [0, 0.1) is 11.8 Å². The fraction of sp³-hybridized carbons (Fsp3) is 0.955. The van der Waals surface area contributed by atoms with E-state index in [0.717, 1.165) is 25.7 Å². The summed E-state index contributed by atoms with van der Waals surface area (Å²) in [5.41, 5.74) is 0. The molecule has 0 aromatic heterocycles. The van der Waals surface area contributed by atoms with Crippen LogP contribution in [0.1, 0.15) is 116 Å². The van der Waals surface area contributed by atoms with E-state index in [1.54, 1.807) is 0 Å². The van der Waals surface area contributed by atoms with Crippen molar-refractivity contribution in [2.45, 2.75) is 122 Å². The molecule has 0 aliphatic heterocycles. The van der Waals surface area contributed by atoms with Crippen LogP contribution in [0.2, 0.25) is 0 Å². The van der Waals surface area contributed by atoms with E-state index >= 15 is 0 Å². The number of carbonyl (C=O) groups excluding carboxylic acids is 1. The maximum absolute atomic E-state index is 12.1. The quantitative estimate of drug-likeness (QED) is 0.460. The van der Waals surface area contributed by atoms with Crippen molar-refractivity contribution in [1.29, 1.82) is 0 Å². The molecule has 0 spiro atoms. The molecule has 0 aliphatic rings. The van der Waals surface area contributed by atoms with Gasteiger partial charge in [0.15, 0.2) is 0 Å². The maximum atomic E-state index is 12.1. The van der Waals surface area contributed by atoms with Crippen molar-refractivity contribution >= 4 is 5.91 Å². The lowest BCUT2D eigenvalue weighted by molar-refractivity contribution is -0.137. The first-order valence-corrected chi connectivity index (χ1v) is 10.8. The van der Waals surface area contributed by atoms with Crippen LogP contribution in [0.5, 0.6) is 0 Å². The summed E-state index contributed by atoms with van der Waals surface area (Å²) >= 11 is 0. The first-order valence-electron chi connectivity index (χ1n) is 10.8. The van der Waals surface area contributed by atoms with Crippen molar-refractivity contribution in [3.63, 3.8) is 0 Å². The zero-order valence-corrected chi connectivity index (χ0v) is 19.9. The predicted octanol–water partition coefficient (Wildman–Crippen LogP) is 7.81. The monoisotopic (exact) mass is 347 g/mol. The SMILES string of the molecule is CC.CC.CC.CC.CCCC(C(C)CC)N(C)C(=O)C(C)CC. The molecule has 1 amide bonds. The van der Waals surface area contributed by atoms with Crippen LogP contribution < -0.4 is 0 Å². The van der Waals surface area contributed by atoms with Crippen molar-refractivity contribution in [3.05, 3.63) is 0 Å². The molecule has 0 aromatic carbocycles. The Kier molecular flexibility index (Phi) is 43.9. The van der Waals surface area contributed by atoms with Gasteiger partial charge in [0.05, 0.1) is 0 Å². The molecule has 0 N–H and O–H groups in total. The molecule has 2 heteroatoms. The number of hydrogen-bond donors (Lipinski definition) is 0. The minimum atomic E-state index is 0.161. The highest BCUT2D eigenvalue weighted by molar-refractivity contribution is 5.78. The second kappa shape index (κ2) is 30.4. The van der Waals surface area contributed by atoms with Gasteiger partial charge < -0.3 is 4.90 Å². The minimum Gasteiger partial charge on any atom is -0.342 e. The Balaban J connectivity index is -0.000000130. The average molecular weight is 348 g/mol. The molecule has 0 saturated heterocycles. The molecule has 24 heavy (non-hydrogen) atoms. The van der Waals surface area contributed by atoms with Crippen molar-refractivity contribution in [1.82, 2.24) is 4.90 Å². The summed E-state index contributed by atoms with van der Waals surface area (Å²) in [7, 11) is 1.97. The van der Waals surface area contributed by atoms with Crippen LogP contribution in [0.15, 0.2) is 0 Å². The summed E-state index contributed by atoms with van der Waals surface area (Å²) < 4.78 is 0. The lowest BCUT2D eigenvalue weighted by Gasteiger charge is -2.34. The third kappa shape index (κ3) is 17.8. The lowest BCUT2D eigenvalue weighted by Crippen LogP contribution is -2.43. The van der Waals surface area contributed by atoms with E-state index < -0.39 is 0 Å². The van der Waals surface area contributed by atoms with E-state index in [4.69, 9.17) is 0 Å². The molecular formula is C22H53NO. The topological polar surface area (TPSA) is 20.3 Å². The fourth-order valence-electron chi connectivity index (χ4n) is 2.11. The molecule has 0 heterocycles. The van der Waals surface area contributed by atoms with E-state index in [9.17, 15) is 4.79 Å². The van der Waals surface area contributed by atoms with Gasteiger partial charge in [-0.15, -0.1) is 0 Å². The van der Waals surface area contributed by atoms with Crippen LogP contribution in [-0.4, -0.2) is 23.9 Å². The minimum absolute atomic E-state index is 0.161. The van der Waals surface area contributed by atoms with Gasteiger partial charge in [0, 0.05) is 19.0 Å². The number of nitrogens with zero attached hydrogens (tertiary/aromatic N) is 1. The van der Waals surface area contributed by atoms with Gasteiger partial charge >= 0.3 is 0 Å². The Morgan fingerprint density at radius 1 is 0.792 bits per heavy atom. The Morgan fingerprint density at radius 2 is 1.17 bits per heavy atom. The molecule has 2 nitrogen and oxygen atoms in total. The first-order chi connectivity index (χ1) is 11.5. The summed E-state index contributed by atoms with van der Waals surface area (Å²) in [4.78, 5) is 14.1. The first kappa shape index (κ1) is 34.7. The standard InChI is InChI=1S/C14H29NO.4C2H6/c1-7-10-13(11(4)8-2)15(6)14(16)12(5)9-3;4*1-2/h11-13H,7-10H2,1-6H3;4*1-2H3. The van der Waals surface area contributed by atoms with E-state index in [1.807, 2.05) is 74.3 Å². The van der Waals surface area contributed by atoms with Crippen LogP contribution in [-0.2, 0) is 4.79 Å². The maximum Gasteiger partial charge on any atom is 0.225 e. The lowest BCUT2D eigenvalue weighted by atomic mass is 9.93. The van der Waals surface area contributed by atoms with Gasteiger partial charge in [-0.3, -0.25) is 4.79 Å². The Hall–Kier alpha value is -0.530. The number of hydrogen-bond acceptors (Lipinski definition) is 1. The molecule has 0 radical (unpaired) electrons. The number of rotatable bonds is 7. The Bertz CT molecular complexity index is 204. The largest absolute Gasteiger partial charge is 0.342 e. The normalized spacial score (nSPS) is 12.1. The van der Waals surface area contributed by atoms with E-state index in [1.165, 1.54) is 0 Å². The zero-order chi connectivity index (χ0) is 20.7. The third-order valence-electron chi connectivity index (χ3n) is 3.76. The average Bonchev–Trinajstić information content (AvgIpc) is 2.69. The Morgan fingerprint density at radius 3 is 1.42 bits per heavy atom. The fourth-order valence-corrected chi connectivity index (χ4v) is 2.11. The molecule has 0 aromatic rings.